The van der Waals surface area contributed by atoms with Crippen LogP contribution in [0.2, 0.25) is 0 Å². The van der Waals surface area contributed by atoms with Crippen LogP contribution in [-0.4, -0.2) is 11.4 Å². The Bertz CT molecular complexity index is 1730. The summed E-state index contributed by atoms with van der Waals surface area (Å²) in [4.78, 5) is 0. The second kappa shape index (κ2) is 14.8. The van der Waals surface area contributed by atoms with Gasteiger partial charge in [-0.05, 0) is 95.5 Å². The van der Waals surface area contributed by atoms with Crippen LogP contribution in [0.5, 0.6) is 0 Å². The van der Waals surface area contributed by atoms with Crippen molar-refractivity contribution in [1.29, 1.82) is 10.8 Å². The van der Waals surface area contributed by atoms with Gasteiger partial charge in [-0.3, -0.25) is 0 Å². The summed E-state index contributed by atoms with van der Waals surface area (Å²) in [6.45, 7) is 0. The smallest absolute Gasteiger partial charge is 0.0629 e. The van der Waals surface area contributed by atoms with Crippen molar-refractivity contribution in [2.24, 2.45) is 0 Å². The van der Waals surface area contributed by atoms with Crippen molar-refractivity contribution in [1.82, 2.24) is 0 Å². The Morgan fingerprint density at radius 1 is 0.478 bits per heavy atom. The van der Waals surface area contributed by atoms with Gasteiger partial charge in [-0.15, -0.1) is 0 Å². The van der Waals surface area contributed by atoms with Gasteiger partial charge >= 0.3 is 0 Å². The summed E-state index contributed by atoms with van der Waals surface area (Å²) in [7, 11) is 0. The number of hydrogen-bond donors (Lipinski definition) is 4. The molecule has 4 aromatic carbocycles. The SMILES string of the molecule is N=C(/C=C(\Nc1ccc(-c2ccc(N/C(=C\C(=N)C3=CCCC=C3)c3ccccc3)cc2)cc1)c1ccccc1)C1=CCCC=C1. The van der Waals surface area contributed by atoms with Gasteiger partial charge < -0.3 is 21.5 Å². The number of nitrogens with one attached hydrogen (secondary N) is 4. The zero-order valence-electron chi connectivity index (χ0n) is 25.8. The van der Waals surface area contributed by atoms with Gasteiger partial charge in [-0.25, -0.2) is 0 Å². The second-order valence-corrected chi connectivity index (χ2v) is 11.4. The molecule has 0 fully saturated rings. The molecular weight excluding hydrogens is 560 g/mol. The van der Waals surface area contributed by atoms with Crippen molar-refractivity contribution >= 4 is 34.2 Å². The standard InChI is InChI=1S/C42H38N4/c43-39(33-13-5-1-6-14-33)29-41(35-17-9-3-10-18-35)45-37-25-21-31(22-26-37)32-23-27-38(28-24-32)46-42(36-19-11-4-12-20-36)30-40(44)34-15-7-2-8-16-34/h3-5,7,9-30,43-46H,1-2,6,8H2/b41-29-,42-30-,43-39?,44-40?. The van der Waals surface area contributed by atoms with E-state index in [1.807, 2.05) is 60.7 Å². The van der Waals surface area contributed by atoms with Crippen LogP contribution in [0.15, 0.2) is 169 Å². The Kier molecular flexibility index (Phi) is 9.76. The lowest BCUT2D eigenvalue weighted by Crippen LogP contribution is -2.05. The van der Waals surface area contributed by atoms with E-state index in [4.69, 9.17) is 10.8 Å². The van der Waals surface area contributed by atoms with E-state index >= 15 is 0 Å². The Balaban J connectivity index is 1.18. The van der Waals surface area contributed by atoms with E-state index in [-0.39, 0.29) is 0 Å². The number of anilines is 2. The molecule has 6 rings (SSSR count). The molecule has 0 radical (unpaired) electrons. The molecule has 2 aliphatic rings. The molecule has 0 aromatic heterocycles. The normalized spacial score (nSPS) is 14.7. The van der Waals surface area contributed by atoms with Gasteiger partial charge in [-0.2, -0.15) is 0 Å². The lowest BCUT2D eigenvalue weighted by atomic mass is 10.0. The highest BCUT2D eigenvalue weighted by atomic mass is 14.9. The van der Waals surface area contributed by atoms with Gasteiger partial charge in [0.1, 0.15) is 0 Å². The third kappa shape index (κ3) is 7.85. The van der Waals surface area contributed by atoms with Gasteiger partial charge in [0.2, 0.25) is 0 Å². The van der Waals surface area contributed by atoms with Crippen molar-refractivity contribution in [3.63, 3.8) is 0 Å². The molecule has 2 aliphatic carbocycles. The first-order chi connectivity index (χ1) is 22.6. The molecule has 4 aromatic rings. The average Bonchev–Trinajstić information content (AvgIpc) is 3.13. The zero-order valence-corrected chi connectivity index (χ0v) is 25.8. The summed E-state index contributed by atoms with van der Waals surface area (Å²) in [6.07, 6.45) is 20.4. The molecule has 0 atom stereocenters. The van der Waals surface area contributed by atoms with E-state index in [0.717, 1.165) is 81.9 Å². The van der Waals surface area contributed by atoms with Crippen molar-refractivity contribution in [3.05, 3.63) is 180 Å². The molecule has 0 saturated heterocycles. The summed E-state index contributed by atoms with van der Waals surface area (Å²) < 4.78 is 0. The molecule has 4 heteroatoms. The van der Waals surface area contributed by atoms with Crippen LogP contribution in [0.3, 0.4) is 0 Å². The molecule has 0 spiro atoms. The molecule has 4 nitrogen and oxygen atoms in total. The highest BCUT2D eigenvalue weighted by molar-refractivity contribution is 6.13. The molecule has 0 aliphatic heterocycles. The van der Waals surface area contributed by atoms with Crippen LogP contribution in [0.25, 0.3) is 22.5 Å². The van der Waals surface area contributed by atoms with Crippen LogP contribution in [0.1, 0.15) is 36.8 Å². The predicted octanol–water partition coefficient (Wildman–Crippen LogP) is 10.9. The van der Waals surface area contributed by atoms with Crippen molar-refractivity contribution in [2.75, 3.05) is 10.6 Å². The molecule has 0 heterocycles. The number of rotatable bonds is 11. The van der Waals surface area contributed by atoms with Gasteiger partial charge in [0.05, 0.1) is 11.4 Å². The van der Waals surface area contributed by atoms with Crippen molar-refractivity contribution < 1.29 is 0 Å². The topological polar surface area (TPSA) is 71.8 Å². The fourth-order valence-electron chi connectivity index (χ4n) is 5.50. The maximum absolute atomic E-state index is 8.70. The maximum Gasteiger partial charge on any atom is 0.0629 e. The first kappa shape index (κ1) is 30.3. The molecular formula is C42H38N4. The van der Waals surface area contributed by atoms with E-state index in [0.29, 0.717) is 11.4 Å². The van der Waals surface area contributed by atoms with Gasteiger partial charge in [0.25, 0.3) is 0 Å². The third-order valence-corrected chi connectivity index (χ3v) is 8.02. The van der Waals surface area contributed by atoms with E-state index in [1.54, 1.807) is 0 Å². The lowest BCUT2D eigenvalue weighted by Gasteiger charge is -2.15. The summed E-state index contributed by atoms with van der Waals surface area (Å²) in [5.41, 5.74) is 10.9. The monoisotopic (exact) mass is 598 g/mol. The molecule has 0 amide bonds. The first-order valence-corrected chi connectivity index (χ1v) is 15.8. The maximum atomic E-state index is 8.70. The molecule has 0 saturated carbocycles. The van der Waals surface area contributed by atoms with E-state index in [1.165, 1.54) is 0 Å². The number of allylic oxidation sites excluding steroid dienone is 10. The summed E-state index contributed by atoms with van der Waals surface area (Å²) >= 11 is 0. The van der Waals surface area contributed by atoms with E-state index < -0.39 is 0 Å². The van der Waals surface area contributed by atoms with Crippen molar-refractivity contribution in [3.8, 4) is 11.1 Å². The van der Waals surface area contributed by atoms with Crippen LogP contribution < -0.4 is 10.6 Å². The van der Waals surface area contributed by atoms with Crippen molar-refractivity contribution in [2.45, 2.75) is 25.7 Å². The molecule has 0 bridgehead atoms. The quantitative estimate of drug-likeness (QED) is 0.130. The minimum absolute atomic E-state index is 0.498. The Morgan fingerprint density at radius 2 is 0.870 bits per heavy atom. The summed E-state index contributed by atoms with van der Waals surface area (Å²) in [5.74, 6) is 0. The fraction of sp³-hybridized carbons (Fsp3) is 0.0952. The summed E-state index contributed by atoms with van der Waals surface area (Å²) in [6, 6.07) is 37.1. The fourth-order valence-corrected chi connectivity index (χ4v) is 5.50. The highest BCUT2D eigenvalue weighted by Gasteiger charge is 2.10. The van der Waals surface area contributed by atoms with Gasteiger partial charge in [-0.1, -0.05) is 121 Å². The highest BCUT2D eigenvalue weighted by Crippen LogP contribution is 2.27. The first-order valence-electron chi connectivity index (χ1n) is 15.8. The largest absolute Gasteiger partial charge is 0.355 e. The Hall–Kier alpha value is -5.74. The van der Waals surface area contributed by atoms with Crippen LogP contribution in [0, 0.1) is 10.8 Å². The molecule has 0 unspecified atom stereocenters. The second-order valence-electron chi connectivity index (χ2n) is 11.4. The van der Waals surface area contributed by atoms with Crippen LogP contribution in [-0.2, 0) is 0 Å². The molecule has 226 valence electrons. The zero-order chi connectivity index (χ0) is 31.6. The van der Waals surface area contributed by atoms with Crippen LogP contribution >= 0.6 is 0 Å². The lowest BCUT2D eigenvalue weighted by molar-refractivity contribution is 1.03. The number of hydrogen-bond acceptors (Lipinski definition) is 4. The predicted molar refractivity (Wildman–Crippen MR) is 196 cm³/mol. The number of benzene rings is 4. The third-order valence-electron chi connectivity index (χ3n) is 8.02. The van der Waals surface area contributed by atoms with Gasteiger partial charge in [0.15, 0.2) is 0 Å². The Morgan fingerprint density at radius 3 is 1.22 bits per heavy atom. The van der Waals surface area contributed by atoms with E-state index in [2.05, 4.69) is 108 Å². The average molecular weight is 599 g/mol. The minimum atomic E-state index is 0.498. The summed E-state index contributed by atoms with van der Waals surface area (Å²) in [5, 5.41) is 24.5. The molecule has 46 heavy (non-hydrogen) atoms. The van der Waals surface area contributed by atoms with E-state index in [9.17, 15) is 0 Å². The van der Waals surface area contributed by atoms with Gasteiger partial charge in [0, 0.05) is 22.8 Å². The molecule has 4 N–H and O–H groups in total. The Labute approximate surface area is 271 Å². The minimum Gasteiger partial charge on any atom is -0.355 e. The van der Waals surface area contributed by atoms with Crippen LogP contribution in [0.4, 0.5) is 11.4 Å².